The molecule has 0 saturated heterocycles. The summed E-state index contributed by atoms with van der Waals surface area (Å²) in [4.78, 5) is 0. The van der Waals surface area contributed by atoms with Crippen LogP contribution in [0.3, 0.4) is 0 Å². The first-order chi connectivity index (χ1) is 6.42. The Morgan fingerprint density at radius 3 is 1.85 bits per heavy atom. The van der Waals surface area contributed by atoms with Crippen molar-refractivity contribution >= 4 is 12.2 Å². The Balaban J connectivity index is 2.46. The molecule has 2 aliphatic rings. The lowest BCUT2D eigenvalue weighted by molar-refractivity contribution is 1.31. The van der Waals surface area contributed by atoms with Crippen LogP contribution in [0.15, 0.2) is 47.6 Å². The van der Waals surface area contributed by atoms with Crippen LogP contribution in [-0.2, 0) is 0 Å². The Hall–Kier alpha value is -1.56. The van der Waals surface area contributed by atoms with Crippen LogP contribution in [-0.4, -0.2) is 0 Å². The number of allylic oxidation sites excluding steroid dienone is 4. The molecule has 3 rings (SSSR count). The molecule has 0 heteroatoms. The van der Waals surface area contributed by atoms with Crippen LogP contribution in [0.4, 0.5) is 0 Å². The lowest BCUT2D eigenvalue weighted by Gasteiger charge is -1.89. The zero-order valence-corrected chi connectivity index (χ0v) is 7.33. The molecule has 2 bridgehead atoms. The fourth-order valence-corrected chi connectivity index (χ4v) is 1.94. The molecule has 13 heavy (non-hydrogen) atoms. The molecule has 0 atom stereocenters. The van der Waals surface area contributed by atoms with Gasteiger partial charge >= 0.3 is 0 Å². The molecular weight excluding hydrogens is 156 g/mol. The summed E-state index contributed by atoms with van der Waals surface area (Å²) in [7, 11) is 0. The van der Waals surface area contributed by atoms with E-state index in [1.54, 1.807) is 0 Å². The third-order valence-electron chi connectivity index (χ3n) is 2.60. The maximum atomic E-state index is 2.28. The molecule has 0 nitrogen and oxygen atoms in total. The number of rotatable bonds is 0. The molecule has 0 aliphatic heterocycles. The van der Waals surface area contributed by atoms with Gasteiger partial charge in [-0.3, -0.25) is 0 Å². The van der Waals surface area contributed by atoms with Crippen molar-refractivity contribution in [2.45, 2.75) is 6.42 Å². The zero-order chi connectivity index (χ0) is 8.67. The van der Waals surface area contributed by atoms with Crippen LogP contribution in [0, 0.1) is 0 Å². The minimum atomic E-state index is 1.11. The van der Waals surface area contributed by atoms with Gasteiger partial charge in [-0.1, -0.05) is 48.6 Å². The second-order valence-corrected chi connectivity index (χ2v) is 3.58. The molecule has 0 saturated carbocycles. The molecule has 0 spiro atoms. The SMILES string of the molecule is C1=C2C=c3ccccc3=CC(=C1)C2. The van der Waals surface area contributed by atoms with Gasteiger partial charge in [0.15, 0.2) is 0 Å². The van der Waals surface area contributed by atoms with Crippen LogP contribution in [0.1, 0.15) is 6.42 Å². The minimum Gasteiger partial charge on any atom is -0.0616 e. The summed E-state index contributed by atoms with van der Waals surface area (Å²) in [5.74, 6) is 0. The lowest BCUT2D eigenvalue weighted by Crippen LogP contribution is -2.22. The van der Waals surface area contributed by atoms with E-state index < -0.39 is 0 Å². The van der Waals surface area contributed by atoms with Crippen LogP contribution in [0.25, 0.3) is 12.2 Å². The first-order valence-electron chi connectivity index (χ1n) is 4.60. The quantitative estimate of drug-likeness (QED) is 0.548. The molecule has 0 amide bonds. The van der Waals surface area contributed by atoms with E-state index in [4.69, 9.17) is 0 Å². The van der Waals surface area contributed by atoms with E-state index in [9.17, 15) is 0 Å². The van der Waals surface area contributed by atoms with E-state index in [1.165, 1.54) is 21.6 Å². The maximum Gasteiger partial charge on any atom is -0.00253 e. The number of fused-ring (bicyclic) bond motifs is 3. The van der Waals surface area contributed by atoms with E-state index in [2.05, 4.69) is 48.6 Å². The van der Waals surface area contributed by atoms with E-state index in [1.807, 2.05) is 0 Å². The Kier molecular flexibility index (Phi) is 1.31. The Labute approximate surface area is 77.2 Å². The summed E-state index contributed by atoms with van der Waals surface area (Å²) >= 11 is 0. The molecule has 2 aliphatic carbocycles. The topological polar surface area (TPSA) is 0 Å². The van der Waals surface area contributed by atoms with Gasteiger partial charge in [-0.25, -0.2) is 0 Å². The van der Waals surface area contributed by atoms with Gasteiger partial charge in [-0.05, 0) is 28.0 Å². The van der Waals surface area contributed by atoms with Gasteiger partial charge in [0.2, 0.25) is 0 Å². The predicted octanol–water partition coefficient (Wildman–Crippen LogP) is 1.52. The highest BCUT2D eigenvalue weighted by atomic mass is 14.1. The summed E-state index contributed by atoms with van der Waals surface area (Å²) in [6, 6.07) is 8.54. The van der Waals surface area contributed by atoms with Gasteiger partial charge in [-0.2, -0.15) is 0 Å². The van der Waals surface area contributed by atoms with Crippen molar-refractivity contribution in [1.82, 2.24) is 0 Å². The van der Waals surface area contributed by atoms with Gasteiger partial charge in [-0.15, -0.1) is 0 Å². The third-order valence-corrected chi connectivity index (χ3v) is 2.60. The number of hydrogen-bond acceptors (Lipinski definition) is 0. The molecule has 0 N–H and O–H groups in total. The summed E-state index contributed by atoms with van der Waals surface area (Å²) < 4.78 is 0. The summed E-state index contributed by atoms with van der Waals surface area (Å²) in [5.41, 5.74) is 2.85. The third kappa shape index (κ3) is 1.06. The standard InChI is InChI=1S/C13H10/c1-2-4-13-9-11-6-5-10(7-11)8-12(13)3-1/h1-6,8-9H,7H2. The van der Waals surface area contributed by atoms with Crippen molar-refractivity contribution in [3.8, 4) is 0 Å². The highest BCUT2D eigenvalue weighted by Gasteiger charge is 2.06. The van der Waals surface area contributed by atoms with Gasteiger partial charge in [0.25, 0.3) is 0 Å². The molecule has 0 aromatic heterocycles. The monoisotopic (exact) mass is 166 g/mol. The average molecular weight is 166 g/mol. The van der Waals surface area contributed by atoms with Crippen molar-refractivity contribution in [3.63, 3.8) is 0 Å². The molecule has 0 fully saturated rings. The highest BCUT2D eigenvalue weighted by molar-refractivity contribution is 5.65. The molecule has 0 radical (unpaired) electrons. The molecular formula is C13H10. The molecule has 1 aromatic carbocycles. The van der Waals surface area contributed by atoms with Crippen LogP contribution >= 0.6 is 0 Å². The predicted molar refractivity (Wildman–Crippen MR) is 55.4 cm³/mol. The molecule has 0 unspecified atom stereocenters. The van der Waals surface area contributed by atoms with Crippen molar-refractivity contribution < 1.29 is 0 Å². The van der Waals surface area contributed by atoms with Crippen molar-refractivity contribution in [1.29, 1.82) is 0 Å². The zero-order valence-electron chi connectivity index (χ0n) is 7.33. The fraction of sp³-hybridized carbons (Fsp3) is 0.0769. The van der Waals surface area contributed by atoms with E-state index >= 15 is 0 Å². The molecule has 62 valence electrons. The van der Waals surface area contributed by atoms with Gasteiger partial charge in [0.05, 0.1) is 0 Å². The smallest absolute Gasteiger partial charge is 0.00253 e. The van der Waals surface area contributed by atoms with Crippen LogP contribution in [0.5, 0.6) is 0 Å². The normalized spacial score (nSPS) is 17.5. The summed E-state index contributed by atoms with van der Waals surface area (Å²) in [6.45, 7) is 0. The van der Waals surface area contributed by atoms with E-state index in [0.717, 1.165) is 6.42 Å². The van der Waals surface area contributed by atoms with Gasteiger partial charge in [0.1, 0.15) is 0 Å². The van der Waals surface area contributed by atoms with Crippen molar-refractivity contribution in [3.05, 3.63) is 58.0 Å². The molecule has 1 aromatic rings. The van der Waals surface area contributed by atoms with E-state index in [0.29, 0.717) is 0 Å². The second kappa shape index (κ2) is 2.46. The number of hydrogen-bond donors (Lipinski definition) is 0. The van der Waals surface area contributed by atoms with Crippen LogP contribution in [0.2, 0.25) is 0 Å². The minimum absolute atomic E-state index is 1.11. The van der Waals surface area contributed by atoms with Crippen molar-refractivity contribution in [2.75, 3.05) is 0 Å². The van der Waals surface area contributed by atoms with Crippen molar-refractivity contribution in [2.24, 2.45) is 0 Å². The largest absolute Gasteiger partial charge is 0.0616 e. The first kappa shape index (κ1) is 6.90. The first-order valence-corrected chi connectivity index (χ1v) is 4.60. The van der Waals surface area contributed by atoms with E-state index in [-0.39, 0.29) is 0 Å². The summed E-state index contributed by atoms with van der Waals surface area (Å²) in [5, 5.41) is 2.69. The Morgan fingerprint density at radius 2 is 1.31 bits per heavy atom. The fourth-order valence-electron chi connectivity index (χ4n) is 1.94. The number of benzene rings is 1. The Morgan fingerprint density at radius 1 is 0.769 bits per heavy atom. The van der Waals surface area contributed by atoms with Gasteiger partial charge in [0, 0.05) is 0 Å². The summed E-state index contributed by atoms with van der Waals surface area (Å²) in [6.07, 6.45) is 10.1. The molecule has 0 heterocycles. The lowest BCUT2D eigenvalue weighted by atomic mass is 10.2. The average Bonchev–Trinajstić information content (AvgIpc) is 2.48. The Bertz CT molecular complexity index is 478. The maximum absolute atomic E-state index is 2.28. The highest BCUT2D eigenvalue weighted by Crippen LogP contribution is 2.21. The second-order valence-electron chi connectivity index (χ2n) is 3.58. The van der Waals surface area contributed by atoms with Crippen LogP contribution < -0.4 is 10.4 Å². The van der Waals surface area contributed by atoms with Gasteiger partial charge < -0.3 is 0 Å².